The second kappa shape index (κ2) is 3.12. The molecule has 0 bridgehead atoms. The number of carbonyl (C=O) groups excluding carboxylic acids is 1. The summed E-state index contributed by atoms with van der Waals surface area (Å²) < 4.78 is 0. The predicted molar refractivity (Wildman–Crippen MR) is 52.9 cm³/mol. The first-order valence-corrected chi connectivity index (χ1v) is 4.89. The van der Waals surface area contributed by atoms with E-state index in [1.165, 1.54) is 0 Å². The van der Waals surface area contributed by atoms with E-state index in [1.54, 1.807) is 4.90 Å². The van der Waals surface area contributed by atoms with Crippen LogP contribution in [0.3, 0.4) is 0 Å². The highest BCUT2D eigenvalue weighted by Crippen LogP contribution is 2.24. The van der Waals surface area contributed by atoms with E-state index in [0.29, 0.717) is 18.9 Å². The van der Waals surface area contributed by atoms with Crippen LogP contribution in [0.15, 0.2) is 0 Å². The summed E-state index contributed by atoms with van der Waals surface area (Å²) in [6.07, 6.45) is 0.496. The minimum absolute atomic E-state index is 0.181. The van der Waals surface area contributed by atoms with Gasteiger partial charge in [-0.25, -0.2) is 0 Å². The number of carbonyl (C=O) groups is 1. The average Bonchev–Trinajstić information content (AvgIpc) is 2.48. The van der Waals surface area contributed by atoms with Gasteiger partial charge in [-0.05, 0) is 5.92 Å². The Morgan fingerprint density at radius 3 is 2.86 bits per heavy atom. The van der Waals surface area contributed by atoms with Crippen molar-refractivity contribution in [3.63, 3.8) is 0 Å². The number of fused-ring (bicyclic) bond motifs is 1. The Morgan fingerprint density at radius 2 is 2.21 bits per heavy atom. The van der Waals surface area contributed by atoms with Crippen LogP contribution in [0, 0.1) is 0 Å². The van der Waals surface area contributed by atoms with E-state index in [-0.39, 0.29) is 5.91 Å². The highest BCUT2D eigenvalue weighted by molar-refractivity contribution is 5.80. The Morgan fingerprint density at radius 1 is 1.50 bits per heavy atom. The van der Waals surface area contributed by atoms with E-state index in [2.05, 4.69) is 24.0 Å². The SMILES string of the molecule is CC(C)c1n[nH]c2c1CC(=O)N(C)C2. The Labute approximate surface area is 83.3 Å². The van der Waals surface area contributed by atoms with E-state index >= 15 is 0 Å². The van der Waals surface area contributed by atoms with Crippen LogP contribution in [0.4, 0.5) is 0 Å². The number of nitrogens with one attached hydrogen (secondary N) is 1. The summed E-state index contributed by atoms with van der Waals surface area (Å²) in [5, 5.41) is 7.28. The molecule has 0 aliphatic carbocycles. The summed E-state index contributed by atoms with van der Waals surface area (Å²) in [6.45, 7) is 4.85. The normalized spacial score (nSPS) is 16.3. The maximum atomic E-state index is 11.5. The fraction of sp³-hybridized carbons (Fsp3) is 0.600. The van der Waals surface area contributed by atoms with Gasteiger partial charge in [-0.3, -0.25) is 9.89 Å². The van der Waals surface area contributed by atoms with Crippen molar-refractivity contribution < 1.29 is 4.79 Å². The number of likely N-dealkylation sites (N-methyl/N-ethyl adjacent to an activating group) is 1. The first-order chi connectivity index (χ1) is 6.59. The van der Waals surface area contributed by atoms with Crippen LogP contribution in [0.2, 0.25) is 0 Å². The Balaban J connectivity index is 2.40. The van der Waals surface area contributed by atoms with Gasteiger partial charge in [0.05, 0.1) is 24.4 Å². The maximum absolute atomic E-state index is 11.5. The average molecular weight is 193 g/mol. The largest absolute Gasteiger partial charge is 0.340 e. The Hall–Kier alpha value is -1.32. The van der Waals surface area contributed by atoms with Gasteiger partial charge in [-0.2, -0.15) is 5.10 Å². The molecule has 1 aromatic heterocycles. The van der Waals surface area contributed by atoms with Gasteiger partial charge in [0.25, 0.3) is 0 Å². The van der Waals surface area contributed by atoms with Gasteiger partial charge in [-0.15, -0.1) is 0 Å². The monoisotopic (exact) mass is 193 g/mol. The third kappa shape index (κ3) is 1.31. The lowest BCUT2D eigenvalue weighted by atomic mass is 9.98. The van der Waals surface area contributed by atoms with Gasteiger partial charge >= 0.3 is 0 Å². The first kappa shape index (κ1) is 9.24. The van der Waals surface area contributed by atoms with E-state index < -0.39 is 0 Å². The third-order valence-electron chi connectivity index (χ3n) is 2.68. The fourth-order valence-corrected chi connectivity index (χ4v) is 1.83. The van der Waals surface area contributed by atoms with Crippen molar-refractivity contribution in [1.82, 2.24) is 15.1 Å². The van der Waals surface area contributed by atoms with E-state index in [9.17, 15) is 4.79 Å². The Kier molecular flexibility index (Phi) is 2.06. The molecule has 1 aliphatic heterocycles. The molecule has 1 amide bonds. The number of nitrogens with zero attached hydrogens (tertiary/aromatic N) is 2. The van der Waals surface area contributed by atoms with Crippen LogP contribution in [0.25, 0.3) is 0 Å². The van der Waals surface area contributed by atoms with Crippen molar-refractivity contribution in [2.24, 2.45) is 0 Å². The quantitative estimate of drug-likeness (QED) is 0.724. The van der Waals surface area contributed by atoms with Crippen molar-refractivity contribution in [3.05, 3.63) is 17.0 Å². The second-order valence-electron chi connectivity index (χ2n) is 4.15. The summed E-state index contributed by atoms with van der Waals surface area (Å²) in [6, 6.07) is 0. The summed E-state index contributed by atoms with van der Waals surface area (Å²) in [4.78, 5) is 13.2. The van der Waals surface area contributed by atoms with Crippen LogP contribution < -0.4 is 0 Å². The van der Waals surface area contributed by atoms with Crippen molar-refractivity contribution in [2.75, 3.05) is 7.05 Å². The zero-order valence-electron chi connectivity index (χ0n) is 8.79. The first-order valence-electron chi connectivity index (χ1n) is 4.89. The summed E-state index contributed by atoms with van der Waals surface area (Å²) in [5.74, 6) is 0.562. The summed E-state index contributed by atoms with van der Waals surface area (Å²) >= 11 is 0. The van der Waals surface area contributed by atoms with E-state index in [1.807, 2.05) is 7.05 Å². The van der Waals surface area contributed by atoms with Crippen LogP contribution in [0.5, 0.6) is 0 Å². The van der Waals surface area contributed by atoms with Gasteiger partial charge in [0.1, 0.15) is 0 Å². The van der Waals surface area contributed by atoms with Crippen molar-refractivity contribution in [1.29, 1.82) is 0 Å². The molecular weight excluding hydrogens is 178 g/mol. The zero-order chi connectivity index (χ0) is 10.3. The van der Waals surface area contributed by atoms with Gasteiger partial charge in [0.15, 0.2) is 0 Å². The Bertz CT molecular complexity index is 367. The van der Waals surface area contributed by atoms with Crippen LogP contribution in [-0.4, -0.2) is 28.1 Å². The molecule has 2 heterocycles. The molecule has 0 atom stereocenters. The second-order valence-corrected chi connectivity index (χ2v) is 4.15. The summed E-state index contributed by atoms with van der Waals surface area (Å²) in [7, 11) is 1.82. The number of hydrogen-bond donors (Lipinski definition) is 1. The number of aromatic nitrogens is 2. The van der Waals surface area contributed by atoms with Crippen molar-refractivity contribution in [3.8, 4) is 0 Å². The topological polar surface area (TPSA) is 49.0 Å². The molecule has 1 aromatic rings. The molecule has 76 valence electrons. The number of amides is 1. The molecule has 0 saturated carbocycles. The molecule has 0 spiro atoms. The summed E-state index contributed by atoms with van der Waals surface area (Å²) in [5.41, 5.74) is 3.25. The minimum Gasteiger partial charge on any atom is -0.340 e. The smallest absolute Gasteiger partial charge is 0.227 e. The van der Waals surface area contributed by atoms with Crippen LogP contribution >= 0.6 is 0 Å². The molecule has 0 radical (unpaired) electrons. The molecule has 14 heavy (non-hydrogen) atoms. The molecule has 4 heteroatoms. The number of hydrogen-bond acceptors (Lipinski definition) is 2. The van der Waals surface area contributed by atoms with E-state index in [4.69, 9.17) is 0 Å². The minimum atomic E-state index is 0.181. The molecule has 0 unspecified atom stereocenters. The maximum Gasteiger partial charge on any atom is 0.227 e. The molecule has 1 aliphatic rings. The highest BCUT2D eigenvalue weighted by atomic mass is 16.2. The lowest BCUT2D eigenvalue weighted by Gasteiger charge is -2.22. The molecule has 2 rings (SSSR count). The van der Waals surface area contributed by atoms with Gasteiger partial charge in [-0.1, -0.05) is 13.8 Å². The molecule has 4 nitrogen and oxygen atoms in total. The van der Waals surface area contributed by atoms with Gasteiger partial charge in [0.2, 0.25) is 5.91 Å². The standard InChI is InChI=1S/C10H15N3O/c1-6(2)10-7-4-9(14)13(3)5-8(7)11-12-10/h6H,4-5H2,1-3H3,(H,11,12). The molecule has 0 saturated heterocycles. The van der Waals surface area contributed by atoms with Gasteiger partial charge < -0.3 is 4.90 Å². The molecular formula is C10H15N3O. The molecule has 0 aromatic carbocycles. The van der Waals surface area contributed by atoms with Crippen LogP contribution in [-0.2, 0) is 17.8 Å². The highest BCUT2D eigenvalue weighted by Gasteiger charge is 2.25. The number of rotatable bonds is 1. The lowest BCUT2D eigenvalue weighted by Crippen LogP contribution is -2.32. The molecule has 1 N–H and O–H groups in total. The zero-order valence-corrected chi connectivity index (χ0v) is 8.79. The fourth-order valence-electron chi connectivity index (χ4n) is 1.83. The predicted octanol–water partition coefficient (Wildman–Crippen LogP) is 1.05. The third-order valence-corrected chi connectivity index (χ3v) is 2.68. The van der Waals surface area contributed by atoms with Crippen LogP contribution in [0.1, 0.15) is 36.7 Å². The molecule has 0 fully saturated rings. The van der Waals surface area contributed by atoms with Crippen molar-refractivity contribution in [2.45, 2.75) is 32.7 Å². The van der Waals surface area contributed by atoms with Gasteiger partial charge in [0, 0.05) is 12.6 Å². The lowest BCUT2D eigenvalue weighted by molar-refractivity contribution is -0.130. The number of H-pyrrole nitrogens is 1. The van der Waals surface area contributed by atoms with E-state index in [0.717, 1.165) is 17.0 Å². The number of aromatic amines is 1. The van der Waals surface area contributed by atoms with Crippen molar-refractivity contribution >= 4 is 5.91 Å².